The summed E-state index contributed by atoms with van der Waals surface area (Å²) >= 11 is 5.82. The number of aromatic nitrogens is 1. The molecule has 1 amide bonds. The molecule has 122 valence electrons. The fourth-order valence-corrected chi connectivity index (χ4v) is 2.10. The van der Waals surface area contributed by atoms with Crippen LogP contribution in [-0.2, 0) is 16.1 Å². The highest BCUT2D eigenvalue weighted by Crippen LogP contribution is 2.15. The van der Waals surface area contributed by atoms with E-state index in [1.54, 1.807) is 48.7 Å². The van der Waals surface area contributed by atoms with Crippen molar-refractivity contribution in [2.45, 2.75) is 6.54 Å². The predicted octanol–water partition coefficient (Wildman–Crippen LogP) is 2.79. The second-order valence-corrected chi connectivity index (χ2v) is 5.34. The van der Waals surface area contributed by atoms with E-state index in [0.717, 1.165) is 5.56 Å². The van der Waals surface area contributed by atoms with Gasteiger partial charge in [-0.3, -0.25) is 9.78 Å². The standard InChI is InChI=1S/C17H19ClN2O3/c1-22-11-10-20(12-14-6-8-19-9-7-14)17(21)13-23-16-4-2-15(18)3-5-16/h2-9H,10-13H2,1H3. The summed E-state index contributed by atoms with van der Waals surface area (Å²) in [4.78, 5) is 18.1. The lowest BCUT2D eigenvalue weighted by Crippen LogP contribution is -2.36. The Balaban J connectivity index is 1.94. The lowest BCUT2D eigenvalue weighted by atomic mass is 10.2. The van der Waals surface area contributed by atoms with Crippen molar-refractivity contribution in [1.82, 2.24) is 9.88 Å². The molecule has 0 saturated carbocycles. The lowest BCUT2D eigenvalue weighted by Gasteiger charge is -2.22. The van der Waals surface area contributed by atoms with E-state index in [-0.39, 0.29) is 12.5 Å². The SMILES string of the molecule is COCCN(Cc1ccncc1)C(=O)COc1ccc(Cl)cc1. The smallest absolute Gasteiger partial charge is 0.260 e. The van der Waals surface area contributed by atoms with Crippen LogP contribution < -0.4 is 4.74 Å². The van der Waals surface area contributed by atoms with Crippen LogP contribution in [0.4, 0.5) is 0 Å². The van der Waals surface area contributed by atoms with Gasteiger partial charge in [0.25, 0.3) is 5.91 Å². The molecule has 6 heteroatoms. The number of carbonyl (C=O) groups excluding carboxylic acids is 1. The van der Waals surface area contributed by atoms with Crippen molar-refractivity contribution in [3.8, 4) is 5.75 Å². The van der Waals surface area contributed by atoms with Crippen LogP contribution >= 0.6 is 11.6 Å². The number of methoxy groups -OCH3 is 1. The van der Waals surface area contributed by atoms with Gasteiger partial charge in [-0.25, -0.2) is 0 Å². The van der Waals surface area contributed by atoms with Gasteiger partial charge >= 0.3 is 0 Å². The van der Waals surface area contributed by atoms with E-state index in [4.69, 9.17) is 21.1 Å². The Morgan fingerprint density at radius 1 is 1.17 bits per heavy atom. The average Bonchev–Trinajstić information content (AvgIpc) is 2.58. The zero-order valence-electron chi connectivity index (χ0n) is 12.9. The topological polar surface area (TPSA) is 51.7 Å². The molecule has 0 saturated heterocycles. The number of amides is 1. The summed E-state index contributed by atoms with van der Waals surface area (Å²) in [5, 5.41) is 0.628. The Morgan fingerprint density at radius 2 is 1.87 bits per heavy atom. The quantitative estimate of drug-likeness (QED) is 0.745. The molecule has 0 aliphatic heterocycles. The van der Waals surface area contributed by atoms with Gasteiger partial charge in [0.1, 0.15) is 5.75 Å². The second kappa shape index (κ2) is 9.12. The molecule has 0 radical (unpaired) electrons. The van der Waals surface area contributed by atoms with Crippen molar-refractivity contribution in [1.29, 1.82) is 0 Å². The van der Waals surface area contributed by atoms with Gasteiger partial charge in [0.05, 0.1) is 6.61 Å². The molecule has 0 N–H and O–H groups in total. The van der Waals surface area contributed by atoms with Crippen molar-refractivity contribution in [3.05, 3.63) is 59.4 Å². The second-order valence-electron chi connectivity index (χ2n) is 4.91. The van der Waals surface area contributed by atoms with Gasteiger partial charge < -0.3 is 14.4 Å². The summed E-state index contributed by atoms with van der Waals surface area (Å²) in [5.41, 5.74) is 1.01. The fourth-order valence-electron chi connectivity index (χ4n) is 1.97. The summed E-state index contributed by atoms with van der Waals surface area (Å²) < 4.78 is 10.6. The number of carbonyl (C=O) groups is 1. The number of hydrogen-bond donors (Lipinski definition) is 0. The Bertz CT molecular complexity index is 605. The van der Waals surface area contributed by atoms with Crippen LogP contribution in [0.3, 0.4) is 0 Å². The van der Waals surface area contributed by atoms with Gasteiger partial charge in [-0.2, -0.15) is 0 Å². The highest BCUT2D eigenvalue weighted by molar-refractivity contribution is 6.30. The molecule has 0 bridgehead atoms. The third-order valence-corrected chi connectivity index (χ3v) is 3.47. The van der Waals surface area contributed by atoms with E-state index in [1.807, 2.05) is 12.1 Å². The van der Waals surface area contributed by atoms with Crippen LogP contribution in [0.5, 0.6) is 5.75 Å². The third-order valence-electron chi connectivity index (χ3n) is 3.22. The van der Waals surface area contributed by atoms with E-state index >= 15 is 0 Å². The molecule has 5 nitrogen and oxygen atoms in total. The van der Waals surface area contributed by atoms with E-state index < -0.39 is 0 Å². The largest absolute Gasteiger partial charge is 0.484 e. The number of rotatable bonds is 8. The highest BCUT2D eigenvalue weighted by Gasteiger charge is 2.14. The first-order valence-electron chi connectivity index (χ1n) is 7.23. The maximum atomic E-state index is 12.4. The summed E-state index contributed by atoms with van der Waals surface area (Å²) in [7, 11) is 1.61. The Morgan fingerprint density at radius 3 is 2.52 bits per heavy atom. The first-order valence-corrected chi connectivity index (χ1v) is 7.61. The number of halogens is 1. The Labute approximate surface area is 140 Å². The zero-order chi connectivity index (χ0) is 16.5. The fraction of sp³-hybridized carbons (Fsp3) is 0.294. The molecule has 1 heterocycles. The van der Waals surface area contributed by atoms with Crippen LogP contribution in [0.25, 0.3) is 0 Å². The molecule has 0 aliphatic rings. The van der Waals surface area contributed by atoms with Crippen LogP contribution in [0.15, 0.2) is 48.8 Å². The monoisotopic (exact) mass is 334 g/mol. The van der Waals surface area contributed by atoms with Crippen molar-refractivity contribution in [2.75, 3.05) is 26.9 Å². The third kappa shape index (κ3) is 5.88. The molecular formula is C17H19ClN2O3. The Kier molecular flexibility index (Phi) is 6.84. The van der Waals surface area contributed by atoms with Gasteiger partial charge in [0.2, 0.25) is 0 Å². The number of nitrogens with zero attached hydrogens (tertiary/aromatic N) is 2. The van der Waals surface area contributed by atoms with E-state index in [0.29, 0.717) is 30.5 Å². The minimum atomic E-state index is -0.103. The molecule has 0 fully saturated rings. The molecular weight excluding hydrogens is 316 g/mol. The van der Waals surface area contributed by atoms with Gasteiger partial charge in [-0.15, -0.1) is 0 Å². The molecule has 0 unspecified atom stereocenters. The molecule has 1 aromatic heterocycles. The van der Waals surface area contributed by atoms with Crippen LogP contribution in [0, 0.1) is 0 Å². The van der Waals surface area contributed by atoms with Gasteiger partial charge in [-0.1, -0.05) is 11.6 Å². The highest BCUT2D eigenvalue weighted by atomic mass is 35.5. The molecule has 0 atom stereocenters. The summed E-state index contributed by atoms with van der Waals surface area (Å²) in [6.45, 7) is 1.44. The molecule has 2 rings (SSSR count). The maximum Gasteiger partial charge on any atom is 0.260 e. The Hall–Kier alpha value is -2.11. The maximum absolute atomic E-state index is 12.4. The minimum absolute atomic E-state index is 0.0313. The van der Waals surface area contributed by atoms with Crippen LogP contribution in [0.2, 0.25) is 5.02 Å². The van der Waals surface area contributed by atoms with Crippen LogP contribution in [-0.4, -0.2) is 42.7 Å². The van der Waals surface area contributed by atoms with Gasteiger partial charge in [0, 0.05) is 37.6 Å². The lowest BCUT2D eigenvalue weighted by molar-refractivity contribution is -0.134. The van der Waals surface area contributed by atoms with Crippen molar-refractivity contribution < 1.29 is 14.3 Å². The average molecular weight is 335 g/mol. The number of benzene rings is 1. The molecule has 1 aromatic carbocycles. The first kappa shape index (κ1) is 17.2. The van der Waals surface area contributed by atoms with E-state index in [1.165, 1.54) is 0 Å². The number of ether oxygens (including phenoxy) is 2. The molecule has 0 aliphatic carbocycles. The number of pyridine rings is 1. The van der Waals surface area contributed by atoms with Gasteiger partial charge in [-0.05, 0) is 42.0 Å². The first-order chi connectivity index (χ1) is 11.2. The summed E-state index contributed by atoms with van der Waals surface area (Å²) in [6.07, 6.45) is 3.41. The van der Waals surface area contributed by atoms with Gasteiger partial charge in [0.15, 0.2) is 6.61 Å². The van der Waals surface area contributed by atoms with E-state index in [2.05, 4.69) is 4.98 Å². The summed E-state index contributed by atoms with van der Waals surface area (Å²) in [6, 6.07) is 10.7. The number of hydrogen-bond acceptors (Lipinski definition) is 4. The predicted molar refractivity (Wildman–Crippen MR) is 88.5 cm³/mol. The van der Waals surface area contributed by atoms with Crippen LogP contribution in [0.1, 0.15) is 5.56 Å². The van der Waals surface area contributed by atoms with Crippen molar-refractivity contribution >= 4 is 17.5 Å². The minimum Gasteiger partial charge on any atom is -0.484 e. The normalized spacial score (nSPS) is 10.3. The molecule has 2 aromatic rings. The molecule has 0 spiro atoms. The summed E-state index contributed by atoms with van der Waals surface area (Å²) in [5.74, 6) is 0.507. The zero-order valence-corrected chi connectivity index (χ0v) is 13.7. The molecule has 23 heavy (non-hydrogen) atoms. The van der Waals surface area contributed by atoms with E-state index in [9.17, 15) is 4.79 Å². The van der Waals surface area contributed by atoms with Crippen molar-refractivity contribution in [2.24, 2.45) is 0 Å². The van der Waals surface area contributed by atoms with Crippen molar-refractivity contribution in [3.63, 3.8) is 0 Å².